The molecule has 2 rings (SSSR count). The van der Waals surface area contributed by atoms with Crippen molar-refractivity contribution in [3.05, 3.63) is 53.8 Å². The molecule has 0 amide bonds. The molecule has 0 atom stereocenters. The highest BCUT2D eigenvalue weighted by Gasteiger charge is 2.10. The molecule has 0 spiro atoms. The molecule has 0 aliphatic heterocycles. The first-order valence-corrected chi connectivity index (χ1v) is 6.98. The maximum atomic E-state index is 13.3. The molecular weight excluding hydrogens is 291 g/mol. The first-order chi connectivity index (χ1) is 10.1. The number of halogens is 1. The number of hydrogen-bond donors (Lipinski definition) is 1. The van der Waals surface area contributed by atoms with Crippen molar-refractivity contribution in [2.75, 3.05) is 6.61 Å². The van der Waals surface area contributed by atoms with Gasteiger partial charge in [0.05, 0.1) is 12.2 Å². The van der Waals surface area contributed by atoms with Crippen LogP contribution in [0.5, 0.6) is 11.5 Å². The summed E-state index contributed by atoms with van der Waals surface area (Å²) >= 11 is 3.92. The van der Waals surface area contributed by atoms with Gasteiger partial charge >= 0.3 is 5.97 Å². The van der Waals surface area contributed by atoms with Crippen LogP contribution >= 0.6 is 12.6 Å². The molecule has 0 fully saturated rings. The molecule has 21 heavy (non-hydrogen) atoms. The van der Waals surface area contributed by atoms with Gasteiger partial charge in [0.1, 0.15) is 17.3 Å². The monoisotopic (exact) mass is 306 g/mol. The molecule has 2 aromatic carbocycles. The zero-order valence-electron chi connectivity index (χ0n) is 11.5. The van der Waals surface area contributed by atoms with Gasteiger partial charge in [-0.15, -0.1) is 12.6 Å². The van der Waals surface area contributed by atoms with E-state index in [1.807, 2.05) is 6.92 Å². The number of ether oxygens (including phenoxy) is 2. The van der Waals surface area contributed by atoms with Gasteiger partial charge in [-0.1, -0.05) is 6.92 Å². The lowest BCUT2D eigenvalue weighted by Crippen LogP contribution is -2.08. The molecule has 5 heteroatoms. The van der Waals surface area contributed by atoms with Crippen LogP contribution in [-0.2, 0) is 0 Å². The predicted molar refractivity (Wildman–Crippen MR) is 80.8 cm³/mol. The van der Waals surface area contributed by atoms with Gasteiger partial charge in [-0.2, -0.15) is 0 Å². The van der Waals surface area contributed by atoms with Gasteiger partial charge in [-0.3, -0.25) is 0 Å². The fourth-order valence-electron chi connectivity index (χ4n) is 1.62. The molecule has 0 saturated heterocycles. The van der Waals surface area contributed by atoms with Gasteiger partial charge in [0.15, 0.2) is 0 Å². The van der Waals surface area contributed by atoms with Crippen molar-refractivity contribution in [3.63, 3.8) is 0 Å². The molecular formula is C16H15FO3S. The van der Waals surface area contributed by atoms with Crippen LogP contribution in [0.15, 0.2) is 47.4 Å². The van der Waals surface area contributed by atoms with Crippen molar-refractivity contribution in [2.45, 2.75) is 18.2 Å². The van der Waals surface area contributed by atoms with E-state index < -0.39 is 11.8 Å². The van der Waals surface area contributed by atoms with Crippen molar-refractivity contribution in [3.8, 4) is 11.5 Å². The second kappa shape index (κ2) is 7.13. The third kappa shape index (κ3) is 4.23. The van der Waals surface area contributed by atoms with Crippen molar-refractivity contribution in [1.82, 2.24) is 0 Å². The van der Waals surface area contributed by atoms with Crippen LogP contribution in [0.4, 0.5) is 4.39 Å². The predicted octanol–water partition coefficient (Wildman–Crippen LogP) is 4.12. The minimum atomic E-state index is -0.552. The van der Waals surface area contributed by atoms with Crippen LogP contribution in [0.3, 0.4) is 0 Å². The minimum absolute atomic E-state index is 0.140. The van der Waals surface area contributed by atoms with Crippen LogP contribution in [0.25, 0.3) is 0 Å². The molecule has 0 aliphatic carbocycles. The van der Waals surface area contributed by atoms with Crippen molar-refractivity contribution in [1.29, 1.82) is 0 Å². The maximum absolute atomic E-state index is 13.3. The molecule has 110 valence electrons. The Balaban J connectivity index is 2.04. The number of rotatable bonds is 5. The summed E-state index contributed by atoms with van der Waals surface area (Å²) in [6.07, 6.45) is 0.913. The van der Waals surface area contributed by atoms with E-state index in [0.717, 1.165) is 12.5 Å². The van der Waals surface area contributed by atoms with Crippen molar-refractivity contribution in [2.24, 2.45) is 0 Å². The highest BCUT2D eigenvalue weighted by atomic mass is 32.1. The smallest absolute Gasteiger partial charge is 0.343 e. The van der Waals surface area contributed by atoms with Crippen LogP contribution in [-0.4, -0.2) is 12.6 Å². The Kier molecular flexibility index (Phi) is 5.22. The van der Waals surface area contributed by atoms with Gasteiger partial charge in [0.2, 0.25) is 0 Å². The summed E-state index contributed by atoms with van der Waals surface area (Å²) in [6, 6.07) is 10.7. The highest BCUT2D eigenvalue weighted by molar-refractivity contribution is 7.80. The van der Waals surface area contributed by atoms with E-state index in [1.165, 1.54) is 12.1 Å². The molecule has 0 radical (unpaired) electrons. The Bertz CT molecular complexity index is 626. The lowest BCUT2D eigenvalue weighted by Gasteiger charge is -2.07. The summed E-state index contributed by atoms with van der Waals surface area (Å²) in [4.78, 5) is 12.1. The summed E-state index contributed by atoms with van der Waals surface area (Å²) in [6.45, 7) is 2.64. The lowest BCUT2D eigenvalue weighted by molar-refractivity contribution is 0.0734. The maximum Gasteiger partial charge on any atom is 0.343 e. The van der Waals surface area contributed by atoms with Crippen LogP contribution in [0, 0.1) is 5.82 Å². The number of esters is 1. The SMILES string of the molecule is CCCOc1ccc(C(=O)Oc2ccc(S)c(F)c2)cc1. The average molecular weight is 306 g/mol. The molecule has 0 N–H and O–H groups in total. The zero-order valence-corrected chi connectivity index (χ0v) is 12.4. The third-order valence-corrected chi connectivity index (χ3v) is 3.06. The fraction of sp³-hybridized carbons (Fsp3) is 0.188. The quantitative estimate of drug-likeness (QED) is 0.513. The number of benzene rings is 2. The Labute approximate surface area is 128 Å². The van der Waals surface area contributed by atoms with Crippen molar-refractivity contribution < 1.29 is 18.7 Å². The highest BCUT2D eigenvalue weighted by Crippen LogP contribution is 2.20. The number of carbonyl (C=O) groups excluding carboxylic acids is 1. The normalized spacial score (nSPS) is 10.2. The van der Waals surface area contributed by atoms with Crippen molar-refractivity contribution >= 4 is 18.6 Å². The molecule has 0 bridgehead atoms. The van der Waals surface area contributed by atoms with E-state index >= 15 is 0 Å². The third-order valence-electron chi connectivity index (χ3n) is 2.69. The molecule has 0 unspecified atom stereocenters. The first kappa shape index (κ1) is 15.4. The summed E-state index contributed by atoms with van der Waals surface area (Å²) in [7, 11) is 0. The fourth-order valence-corrected chi connectivity index (χ4v) is 1.76. The Hall–Kier alpha value is -2.01. The summed E-state index contributed by atoms with van der Waals surface area (Å²) in [5, 5.41) is 0. The van der Waals surface area contributed by atoms with Crippen LogP contribution in [0.2, 0.25) is 0 Å². The molecule has 0 saturated carbocycles. The average Bonchev–Trinajstić information content (AvgIpc) is 2.49. The summed E-state index contributed by atoms with van der Waals surface area (Å²) in [5.41, 5.74) is 0.370. The topological polar surface area (TPSA) is 35.5 Å². The van der Waals surface area contributed by atoms with Crippen LogP contribution in [0.1, 0.15) is 23.7 Å². The van der Waals surface area contributed by atoms with Gasteiger partial charge in [-0.25, -0.2) is 9.18 Å². The van der Waals surface area contributed by atoms with E-state index in [2.05, 4.69) is 12.6 Å². The molecule has 2 aromatic rings. The Morgan fingerprint density at radius 3 is 2.43 bits per heavy atom. The lowest BCUT2D eigenvalue weighted by atomic mass is 10.2. The Morgan fingerprint density at radius 1 is 1.14 bits per heavy atom. The van der Waals surface area contributed by atoms with E-state index in [0.29, 0.717) is 17.9 Å². The second-order valence-electron chi connectivity index (χ2n) is 4.38. The standard InChI is InChI=1S/C16H15FO3S/c1-2-9-19-12-5-3-11(4-6-12)16(18)20-13-7-8-15(21)14(17)10-13/h3-8,10,21H,2,9H2,1H3. The van der Waals surface area contributed by atoms with Gasteiger partial charge in [0, 0.05) is 11.0 Å². The molecule has 0 heterocycles. The molecule has 0 aliphatic rings. The van der Waals surface area contributed by atoms with Gasteiger partial charge in [-0.05, 0) is 42.8 Å². The number of carbonyl (C=O) groups is 1. The van der Waals surface area contributed by atoms with E-state index in [9.17, 15) is 9.18 Å². The largest absolute Gasteiger partial charge is 0.494 e. The van der Waals surface area contributed by atoms with E-state index in [1.54, 1.807) is 24.3 Å². The molecule has 3 nitrogen and oxygen atoms in total. The second-order valence-corrected chi connectivity index (χ2v) is 4.86. The minimum Gasteiger partial charge on any atom is -0.494 e. The van der Waals surface area contributed by atoms with E-state index in [-0.39, 0.29) is 10.6 Å². The summed E-state index contributed by atoms with van der Waals surface area (Å²) < 4.78 is 23.8. The number of thiol groups is 1. The van der Waals surface area contributed by atoms with E-state index in [4.69, 9.17) is 9.47 Å². The van der Waals surface area contributed by atoms with Crippen LogP contribution < -0.4 is 9.47 Å². The zero-order chi connectivity index (χ0) is 15.2. The van der Waals surface area contributed by atoms with Gasteiger partial charge < -0.3 is 9.47 Å². The Morgan fingerprint density at radius 2 is 1.81 bits per heavy atom. The van der Waals surface area contributed by atoms with Gasteiger partial charge in [0.25, 0.3) is 0 Å². The molecule has 0 aromatic heterocycles. The summed E-state index contributed by atoms with van der Waals surface area (Å²) in [5.74, 6) is -0.254. The number of hydrogen-bond acceptors (Lipinski definition) is 4. The first-order valence-electron chi connectivity index (χ1n) is 6.53.